The Balaban J connectivity index is 1.69. The molecule has 0 atom stereocenters. The first-order chi connectivity index (χ1) is 10.3. The largest absolute Gasteiger partial charge is 0.487 e. The van der Waals surface area contributed by atoms with E-state index < -0.39 is 0 Å². The van der Waals surface area contributed by atoms with Crippen LogP contribution in [0.1, 0.15) is 11.3 Å². The van der Waals surface area contributed by atoms with E-state index in [2.05, 4.69) is 11.1 Å². The van der Waals surface area contributed by atoms with Crippen molar-refractivity contribution in [1.29, 1.82) is 5.26 Å². The van der Waals surface area contributed by atoms with Gasteiger partial charge in [-0.25, -0.2) is 4.98 Å². The molecule has 0 unspecified atom stereocenters. The van der Waals surface area contributed by atoms with Crippen LogP contribution in [0.2, 0.25) is 0 Å². The maximum absolute atomic E-state index is 8.86. The van der Waals surface area contributed by atoms with Crippen LogP contribution in [0.15, 0.2) is 60.0 Å². The van der Waals surface area contributed by atoms with Crippen molar-refractivity contribution < 1.29 is 4.74 Å². The molecule has 0 bridgehead atoms. The average molecular weight is 292 g/mol. The van der Waals surface area contributed by atoms with Crippen molar-refractivity contribution >= 4 is 11.3 Å². The van der Waals surface area contributed by atoms with E-state index >= 15 is 0 Å². The van der Waals surface area contributed by atoms with E-state index in [-0.39, 0.29) is 0 Å². The molecular formula is C17H12N2OS. The zero-order chi connectivity index (χ0) is 14.5. The van der Waals surface area contributed by atoms with Gasteiger partial charge in [-0.2, -0.15) is 5.26 Å². The molecule has 0 fully saturated rings. The van der Waals surface area contributed by atoms with E-state index in [0.29, 0.717) is 17.9 Å². The predicted octanol–water partition coefficient (Wildman–Crippen LogP) is 4.26. The van der Waals surface area contributed by atoms with Gasteiger partial charge >= 0.3 is 0 Å². The third-order valence-corrected chi connectivity index (χ3v) is 3.86. The molecular weight excluding hydrogens is 280 g/mol. The van der Waals surface area contributed by atoms with Gasteiger partial charge in [0, 0.05) is 10.9 Å². The summed E-state index contributed by atoms with van der Waals surface area (Å²) < 4.78 is 5.68. The number of nitriles is 1. The minimum Gasteiger partial charge on any atom is -0.487 e. The monoisotopic (exact) mass is 292 g/mol. The molecule has 0 saturated carbocycles. The van der Waals surface area contributed by atoms with E-state index in [1.165, 1.54) is 0 Å². The molecule has 0 radical (unpaired) electrons. The van der Waals surface area contributed by atoms with Gasteiger partial charge in [-0.1, -0.05) is 36.4 Å². The Morgan fingerprint density at radius 2 is 1.95 bits per heavy atom. The molecule has 1 heterocycles. The highest BCUT2D eigenvalue weighted by molar-refractivity contribution is 7.13. The topological polar surface area (TPSA) is 45.9 Å². The third-order valence-electron chi connectivity index (χ3n) is 2.92. The first-order valence-electron chi connectivity index (χ1n) is 6.48. The van der Waals surface area contributed by atoms with Crippen LogP contribution in [0, 0.1) is 11.3 Å². The van der Waals surface area contributed by atoms with Gasteiger partial charge in [0.1, 0.15) is 17.4 Å². The Labute approximate surface area is 127 Å². The van der Waals surface area contributed by atoms with Gasteiger partial charge in [0.2, 0.25) is 0 Å². The Hall–Kier alpha value is -2.64. The lowest BCUT2D eigenvalue weighted by atomic mass is 10.2. The van der Waals surface area contributed by atoms with Gasteiger partial charge in [-0.05, 0) is 18.2 Å². The van der Waals surface area contributed by atoms with Crippen molar-refractivity contribution in [3.63, 3.8) is 0 Å². The standard InChI is InChI=1S/C17H12N2OS/c18-10-13-5-4-8-16(9-13)20-11-15-12-21-17(19-15)14-6-2-1-3-7-14/h1-9,12H,11H2. The van der Waals surface area contributed by atoms with Crippen LogP contribution >= 0.6 is 11.3 Å². The summed E-state index contributed by atoms with van der Waals surface area (Å²) in [4.78, 5) is 4.57. The second kappa shape index (κ2) is 6.21. The van der Waals surface area contributed by atoms with Crippen LogP contribution < -0.4 is 4.74 Å². The highest BCUT2D eigenvalue weighted by Gasteiger charge is 2.05. The molecule has 0 N–H and O–H groups in total. The fourth-order valence-electron chi connectivity index (χ4n) is 1.90. The lowest BCUT2D eigenvalue weighted by Crippen LogP contribution is -1.96. The van der Waals surface area contributed by atoms with Crippen LogP contribution in [0.3, 0.4) is 0 Å². The SMILES string of the molecule is N#Cc1cccc(OCc2csc(-c3ccccc3)n2)c1. The van der Waals surface area contributed by atoms with Crippen LogP contribution in [0.4, 0.5) is 0 Å². The molecule has 3 aromatic rings. The maximum Gasteiger partial charge on any atom is 0.131 e. The summed E-state index contributed by atoms with van der Waals surface area (Å²) in [5.41, 5.74) is 2.59. The molecule has 0 amide bonds. The molecule has 102 valence electrons. The summed E-state index contributed by atoms with van der Waals surface area (Å²) in [5.74, 6) is 0.684. The summed E-state index contributed by atoms with van der Waals surface area (Å²) in [6, 6.07) is 19.3. The van der Waals surface area contributed by atoms with E-state index in [9.17, 15) is 0 Å². The second-order valence-corrected chi connectivity index (χ2v) is 5.30. The second-order valence-electron chi connectivity index (χ2n) is 4.44. The van der Waals surface area contributed by atoms with E-state index in [1.807, 2.05) is 47.8 Å². The fraction of sp³-hybridized carbons (Fsp3) is 0.0588. The minimum absolute atomic E-state index is 0.401. The number of nitrogens with zero attached hydrogens (tertiary/aromatic N) is 2. The molecule has 0 spiro atoms. The summed E-state index contributed by atoms with van der Waals surface area (Å²) in [6.07, 6.45) is 0. The van der Waals surface area contributed by atoms with Gasteiger partial charge < -0.3 is 4.74 Å². The number of thiazole rings is 1. The molecule has 0 aliphatic heterocycles. The Kier molecular flexibility index (Phi) is 3.95. The Bertz CT molecular complexity index is 775. The van der Waals surface area contributed by atoms with Gasteiger partial charge in [-0.3, -0.25) is 0 Å². The van der Waals surface area contributed by atoms with Gasteiger partial charge in [0.05, 0.1) is 17.3 Å². The maximum atomic E-state index is 8.86. The van der Waals surface area contributed by atoms with Crippen molar-refractivity contribution in [2.45, 2.75) is 6.61 Å². The minimum atomic E-state index is 0.401. The summed E-state index contributed by atoms with van der Waals surface area (Å²) >= 11 is 1.60. The Morgan fingerprint density at radius 1 is 1.10 bits per heavy atom. The van der Waals surface area contributed by atoms with Gasteiger partial charge in [0.15, 0.2) is 0 Å². The van der Waals surface area contributed by atoms with Crippen LogP contribution in [-0.4, -0.2) is 4.98 Å². The molecule has 0 aliphatic carbocycles. The molecule has 1 aromatic heterocycles. The first kappa shape index (κ1) is 13.3. The van der Waals surface area contributed by atoms with Crippen molar-refractivity contribution in [3.05, 3.63) is 71.2 Å². The number of ether oxygens (including phenoxy) is 1. The zero-order valence-corrected chi connectivity index (χ0v) is 12.0. The number of aromatic nitrogens is 1. The smallest absolute Gasteiger partial charge is 0.131 e. The number of hydrogen-bond donors (Lipinski definition) is 0. The number of benzene rings is 2. The molecule has 0 saturated heterocycles. The van der Waals surface area contributed by atoms with Crippen LogP contribution in [0.25, 0.3) is 10.6 Å². The molecule has 3 rings (SSSR count). The number of hydrogen-bond acceptors (Lipinski definition) is 4. The van der Waals surface area contributed by atoms with Gasteiger partial charge in [-0.15, -0.1) is 11.3 Å². The Morgan fingerprint density at radius 3 is 2.76 bits per heavy atom. The van der Waals surface area contributed by atoms with Crippen molar-refractivity contribution in [3.8, 4) is 22.4 Å². The molecule has 4 heteroatoms. The van der Waals surface area contributed by atoms with Gasteiger partial charge in [0.25, 0.3) is 0 Å². The lowest BCUT2D eigenvalue weighted by Gasteiger charge is -2.03. The normalized spacial score (nSPS) is 10.0. The fourth-order valence-corrected chi connectivity index (χ4v) is 2.71. The molecule has 0 aliphatic rings. The van der Waals surface area contributed by atoms with E-state index in [1.54, 1.807) is 23.5 Å². The summed E-state index contributed by atoms with van der Waals surface area (Å²) in [7, 11) is 0. The predicted molar refractivity (Wildman–Crippen MR) is 83.0 cm³/mol. The van der Waals surface area contributed by atoms with Crippen molar-refractivity contribution in [2.75, 3.05) is 0 Å². The molecule has 21 heavy (non-hydrogen) atoms. The summed E-state index contributed by atoms with van der Waals surface area (Å²) in [5, 5.41) is 11.8. The first-order valence-corrected chi connectivity index (χ1v) is 7.36. The third kappa shape index (κ3) is 3.28. The molecule has 3 nitrogen and oxygen atoms in total. The van der Waals surface area contributed by atoms with E-state index in [0.717, 1.165) is 16.3 Å². The average Bonchev–Trinajstić information content (AvgIpc) is 3.03. The molecule has 2 aromatic carbocycles. The van der Waals surface area contributed by atoms with E-state index in [4.69, 9.17) is 10.00 Å². The quantitative estimate of drug-likeness (QED) is 0.721. The number of rotatable bonds is 4. The van der Waals surface area contributed by atoms with Crippen molar-refractivity contribution in [1.82, 2.24) is 4.98 Å². The zero-order valence-electron chi connectivity index (χ0n) is 11.2. The summed E-state index contributed by atoms with van der Waals surface area (Å²) in [6.45, 7) is 0.401. The van der Waals surface area contributed by atoms with Crippen LogP contribution in [0.5, 0.6) is 5.75 Å². The highest BCUT2D eigenvalue weighted by atomic mass is 32.1. The van der Waals surface area contributed by atoms with Crippen molar-refractivity contribution in [2.24, 2.45) is 0 Å². The van der Waals surface area contributed by atoms with Crippen LogP contribution in [-0.2, 0) is 6.61 Å². The lowest BCUT2D eigenvalue weighted by molar-refractivity contribution is 0.302. The highest BCUT2D eigenvalue weighted by Crippen LogP contribution is 2.24.